The number of hydrogen-bond acceptors (Lipinski definition) is 3. The summed E-state index contributed by atoms with van der Waals surface area (Å²) in [6.07, 6.45) is -4.71. The first-order valence-electron chi connectivity index (χ1n) is 4.83. The Kier molecular flexibility index (Phi) is 3.98. The number of rotatable bonds is 2. The van der Waals surface area contributed by atoms with Crippen molar-refractivity contribution in [2.45, 2.75) is 6.18 Å². The lowest BCUT2D eigenvalue weighted by molar-refractivity contribution is -0.141. The summed E-state index contributed by atoms with van der Waals surface area (Å²) < 4.78 is 38.5. The number of hydrogen-bond donors (Lipinski definition) is 0. The first-order valence-corrected chi connectivity index (χ1v) is 6.81. The van der Waals surface area contributed by atoms with Crippen molar-refractivity contribution < 1.29 is 18.0 Å². The first kappa shape index (κ1) is 14.5. The van der Waals surface area contributed by atoms with Crippen molar-refractivity contribution in [2.75, 3.05) is 0 Å². The monoisotopic (exact) mass is 369 g/mol. The minimum atomic E-state index is -4.71. The van der Waals surface area contributed by atoms with Gasteiger partial charge in [0.1, 0.15) is 4.88 Å². The molecule has 0 fully saturated rings. The van der Waals surface area contributed by atoms with Crippen molar-refractivity contribution in [3.05, 3.63) is 49.3 Å². The van der Waals surface area contributed by atoms with Crippen molar-refractivity contribution >= 4 is 44.7 Å². The number of halogens is 5. The van der Waals surface area contributed by atoms with Gasteiger partial charge in [-0.1, -0.05) is 51.0 Å². The van der Waals surface area contributed by atoms with Crippen molar-refractivity contribution in [3.63, 3.8) is 0 Å². The van der Waals surface area contributed by atoms with Crippen LogP contribution in [0.4, 0.5) is 13.2 Å². The number of alkyl halides is 3. The molecule has 0 radical (unpaired) electrons. The quantitative estimate of drug-likeness (QED) is 0.710. The highest BCUT2D eigenvalue weighted by Gasteiger charge is 2.39. The maximum absolute atomic E-state index is 12.7. The van der Waals surface area contributed by atoms with Gasteiger partial charge < -0.3 is 0 Å². The summed E-state index contributed by atoms with van der Waals surface area (Å²) in [6, 6.07) is 6.10. The predicted octanol–water partition coefficient (Wildman–Crippen LogP) is 4.81. The molecule has 0 unspecified atom stereocenters. The Bertz CT molecular complexity index is 641. The van der Waals surface area contributed by atoms with Crippen LogP contribution in [0.5, 0.6) is 0 Å². The van der Waals surface area contributed by atoms with E-state index in [2.05, 4.69) is 20.9 Å². The summed E-state index contributed by atoms with van der Waals surface area (Å²) in [5, 5.41) is 0. The Balaban J connectivity index is 2.51. The molecule has 100 valence electrons. The third-order valence-corrected chi connectivity index (χ3v) is 3.81. The van der Waals surface area contributed by atoms with E-state index in [0.717, 1.165) is 0 Å². The van der Waals surface area contributed by atoms with Gasteiger partial charge in [0.25, 0.3) is 0 Å². The Hall–Kier alpha value is -0.920. The first-order chi connectivity index (χ1) is 8.79. The van der Waals surface area contributed by atoms with Crippen LogP contribution in [0, 0.1) is 0 Å². The number of thiazole rings is 1. The summed E-state index contributed by atoms with van der Waals surface area (Å²) in [5.41, 5.74) is -1.10. The van der Waals surface area contributed by atoms with E-state index in [0.29, 0.717) is 15.8 Å². The van der Waals surface area contributed by atoms with Crippen LogP contribution in [-0.2, 0) is 6.18 Å². The molecule has 0 spiro atoms. The second-order valence-corrected chi connectivity index (χ2v) is 5.98. The summed E-state index contributed by atoms with van der Waals surface area (Å²) >= 11 is 9.15. The van der Waals surface area contributed by atoms with Crippen LogP contribution >= 0.6 is 38.9 Å². The van der Waals surface area contributed by atoms with Crippen molar-refractivity contribution in [1.82, 2.24) is 4.98 Å². The van der Waals surface area contributed by atoms with Crippen molar-refractivity contribution in [1.29, 1.82) is 0 Å². The van der Waals surface area contributed by atoms with Gasteiger partial charge in [-0.05, 0) is 12.1 Å². The molecular formula is C11H4BrClF3NOS. The van der Waals surface area contributed by atoms with Gasteiger partial charge in [-0.2, -0.15) is 13.2 Å². The van der Waals surface area contributed by atoms with Crippen LogP contribution in [0.3, 0.4) is 0 Å². The van der Waals surface area contributed by atoms with Gasteiger partial charge in [-0.3, -0.25) is 4.79 Å². The zero-order valence-electron chi connectivity index (χ0n) is 8.96. The molecule has 1 heterocycles. The van der Waals surface area contributed by atoms with Gasteiger partial charge in [0.15, 0.2) is 10.2 Å². The van der Waals surface area contributed by atoms with Gasteiger partial charge in [0.05, 0.1) is 0 Å². The van der Waals surface area contributed by atoms with E-state index in [1.54, 1.807) is 12.1 Å². The molecule has 0 aliphatic rings. The highest BCUT2D eigenvalue weighted by molar-refractivity contribution is 9.10. The third kappa shape index (κ3) is 3.16. The molecule has 2 nitrogen and oxygen atoms in total. The van der Waals surface area contributed by atoms with E-state index in [-0.39, 0.29) is 10.0 Å². The van der Waals surface area contributed by atoms with Gasteiger partial charge in [-0.25, -0.2) is 4.98 Å². The Morgan fingerprint density at radius 3 is 2.63 bits per heavy atom. The molecule has 8 heteroatoms. The average molecular weight is 371 g/mol. The number of nitrogens with zero attached hydrogens (tertiary/aromatic N) is 1. The van der Waals surface area contributed by atoms with E-state index in [9.17, 15) is 18.0 Å². The highest BCUT2D eigenvalue weighted by Crippen LogP contribution is 2.37. The molecule has 0 amide bonds. The molecule has 0 saturated heterocycles. The predicted molar refractivity (Wildman–Crippen MR) is 69.7 cm³/mol. The molecule has 0 bridgehead atoms. The molecule has 0 atom stereocenters. The maximum Gasteiger partial charge on any atom is 0.434 e. The zero-order valence-corrected chi connectivity index (χ0v) is 12.1. The van der Waals surface area contributed by atoms with Crippen LogP contribution < -0.4 is 0 Å². The average Bonchev–Trinajstić information content (AvgIpc) is 2.70. The smallest absolute Gasteiger partial charge is 0.288 e. The van der Waals surface area contributed by atoms with E-state index in [1.807, 2.05) is 0 Å². The molecule has 2 aromatic rings. The second kappa shape index (κ2) is 5.22. The van der Waals surface area contributed by atoms with Gasteiger partial charge in [0.2, 0.25) is 5.78 Å². The van der Waals surface area contributed by atoms with E-state index >= 15 is 0 Å². The minimum Gasteiger partial charge on any atom is -0.288 e. The van der Waals surface area contributed by atoms with Gasteiger partial charge in [0, 0.05) is 10.0 Å². The number of ketones is 1. The second-order valence-electron chi connectivity index (χ2n) is 3.48. The molecule has 1 aromatic carbocycles. The fourth-order valence-electron chi connectivity index (χ4n) is 1.40. The van der Waals surface area contributed by atoms with Crippen LogP contribution in [0.15, 0.2) is 28.7 Å². The lowest BCUT2D eigenvalue weighted by Gasteiger charge is -2.05. The number of aromatic nitrogens is 1. The molecule has 0 saturated carbocycles. The zero-order chi connectivity index (χ0) is 14.2. The lowest BCUT2D eigenvalue weighted by atomic mass is 10.1. The van der Waals surface area contributed by atoms with Crippen LogP contribution in [-0.4, -0.2) is 10.8 Å². The van der Waals surface area contributed by atoms with E-state index < -0.39 is 22.5 Å². The molecule has 0 N–H and O–H groups in total. The summed E-state index contributed by atoms with van der Waals surface area (Å²) in [6.45, 7) is 0. The number of carbonyl (C=O) groups is 1. The third-order valence-electron chi connectivity index (χ3n) is 2.16. The number of carbonyl (C=O) groups excluding carboxylic acids is 1. The minimum absolute atomic E-state index is 0.139. The van der Waals surface area contributed by atoms with Crippen LogP contribution in [0.25, 0.3) is 0 Å². The van der Waals surface area contributed by atoms with Gasteiger partial charge >= 0.3 is 6.18 Å². The summed E-state index contributed by atoms with van der Waals surface area (Å²) in [7, 11) is 0. The summed E-state index contributed by atoms with van der Waals surface area (Å²) in [4.78, 5) is 14.7. The van der Waals surface area contributed by atoms with Crippen LogP contribution in [0.1, 0.15) is 20.9 Å². The van der Waals surface area contributed by atoms with E-state index in [4.69, 9.17) is 11.6 Å². The number of benzene rings is 1. The fourth-order valence-corrected chi connectivity index (χ4v) is 2.89. The van der Waals surface area contributed by atoms with Gasteiger partial charge in [-0.15, -0.1) is 0 Å². The molecule has 19 heavy (non-hydrogen) atoms. The molecule has 2 rings (SSSR count). The lowest BCUT2D eigenvalue weighted by Crippen LogP contribution is -2.12. The molecular weight excluding hydrogens is 367 g/mol. The summed E-state index contributed by atoms with van der Waals surface area (Å²) in [5.74, 6) is -0.752. The largest absolute Gasteiger partial charge is 0.434 e. The van der Waals surface area contributed by atoms with Crippen LogP contribution in [0.2, 0.25) is 4.47 Å². The molecule has 1 aromatic heterocycles. The molecule has 0 aliphatic heterocycles. The van der Waals surface area contributed by atoms with Crippen molar-refractivity contribution in [2.24, 2.45) is 0 Å². The SMILES string of the molecule is O=C(c1cccc(Br)c1)c1sc(Cl)nc1C(F)(F)F. The standard InChI is InChI=1S/C11H4BrClF3NOS/c12-6-3-1-2-5(4-6)7(18)8-9(11(14,15)16)17-10(13)19-8/h1-4H. The molecule has 0 aliphatic carbocycles. The Labute approximate surface area is 123 Å². The normalized spacial score (nSPS) is 11.6. The van der Waals surface area contributed by atoms with E-state index in [1.165, 1.54) is 12.1 Å². The Morgan fingerprint density at radius 1 is 1.37 bits per heavy atom. The topological polar surface area (TPSA) is 30.0 Å². The Morgan fingerprint density at radius 2 is 2.05 bits per heavy atom. The highest BCUT2D eigenvalue weighted by atomic mass is 79.9. The van der Waals surface area contributed by atoms with Crippen molar-refractivity contribution in [3.8, 4) is 0 Å². The fraction of sp³-hybridized carbons (Fsp3) is 0.0909. The maximum atomic E-state index is 12.7.